The van der Waals surface area contributed by atoms with Gasteiger partial charge >= 0.3 is 0 Å². The fourth-order valence-electron chi connectivity index (χ4n) is 1.51. The van der Waals surface area contributed by atoms with Crippen LogP contribution in [0.2, 0.25) is 0 Å². The largest absolute Gasteiger partial charge is 0.497 e. The lowest BCUT2D eigenvalue weighted by Crippen LogP contribution is -2.01. The molecule has 0 aliphatic rings. The Labute approximate surface area is 98.5 Å². The average Bonchev–Trinajstić information content (AvgIpc) is 2.82. The van der Waals surface area contributed by atoms with Crippen LogP contribution in [0.3, 0.4) is 0 Å². The molecule has 2 nitrogen and oxygen atoms in total. The summed E-state index contributed by atoms with van der Waals surface area (Å²) in [6, 6.07) is 9.27. The van der Waals surface area contributed by atoms with Gasteiger partial charge in [-0.3, -0.25) is 4.79 Å². The van der Waals surface area contributed by atoms with Crippen molar-refractivity contribution in [1.29, 1.82) is 0 Å². The zero-order valence-electron chi connectivity index (χ0n) is 9.19. The Morgan fingerprint density at radius 2 is 2.12 bits per heavy atom. The van der Waals surface area contributed by atoms with Crippen molar-refractivity contribution in [3.63, 3.8) is 0 Å². The second-order valence-corrected chi connectivity index (χ2v) is 4.43. The van der Waals surface area contributed by atoms with Crippen LogP contribution < -0.4 is 4.74 Å². The normalized spacial score (nSPS) is 10.1. The minimum atomic E-state index is 0.0615. The molecule has 0 saturated carbocycles. The van der Waals surface area contributed by atoms with Crippen LogP contribution in [-0.2, 0) is 0 Å². The quantitative estimate of drug-likeness (QED) is 0.759. The van der Waals surface area contributed by atoms with Gasteiger partial charge in [-0.05, 0) is 36.1 Å². The van der Waals surface area contributed by atoms with Gasteiger partial charge in [-0.15, -0.1) is 11.3 Å². The smallest absolute Gasteiger partial charge is 0.203 e. The summed E-state index contributed by atoms with van der Waals surface area (Å²) in [6.45, 7) is 1.93. The van der Waals surface area contributed by atoms with Crippen LogP contribution in [0.1, 0.15) is 20.8 Å². The molecule has 0 aliphatic heterocycles. The number of hydrogen-bond donors (Lipinski definition) is 0. The molecule has 0 unspecified atom stereocenters. The van der Waals surface area contributed by atoms with Crippen LogP contribution >= 0.6 is 11.3 Å². The first-order valence-corrected chi connectivity index (χ1v) is 5.83. The van der Waals surface area contributed by atoms with Gasteiger partial charge in [0.25, 0.3) is 0 Å². The summed E-state index contributed by atoms with van der Waals surface area (Å²) in [5.41, 5.74) is 1.68. The maximum atomic E-state index is 12.2. The standard InChI is InChI=1S/C13H12O2S/c1-9-5-6-10(15-2)8-11(9)13(14)12-4-3-7-16-12/h3-8H,1-2H3. The summed E-state index contributed by atoms with van der Waals surface area (Å²) in [4.78, 5) is 12.9. The van der Waals surface area contributed by atoms with Gasteiger partial charge in [0.15, 0.2) is 0 Å². The van der Waals surface area contributed by atoms with E-state index in [4.69, 9.17) is 4.74 Å². The molecule has 82 valence electrons. The van der Waals surface area contributed by atoms with E-state index in [1.165, 1.54) is 11.3 Å². The fourth-order valence-corrected chi connectivity index (χ4v) is 2.19. The molecule has 0 fully saturated rings. The predicted octanol–water partition coefficient (Wildman–Crippen LogP) is 3.30. The Morgan fingerprint density at radius 1 is 1.31 bits per heavy atom. The van der Waals surface area contributed by atoms with Gasteiger partial charge in [0.2, 0.25) is 5.78 Å². The number of aryl methyl sites for hydroxylation is 1. The zero-order valence-corrected chi connectivity index (χ0v) is 10.0. The molecule has 3 heteroatoms. The number of rotatable bonds is 3. The van der Waals surface area contributed by atoms with Gasteiger partial charge in [0, 0.05) is 5.56 Å². The topological polar surface area (TPSA) is 26.3 Å². The molecule has 0 atom stereocenters. The van der Waals surface area contributed by atoms with Crippen LogP contribution in [0.5, 0.6) is 5.75 Å². The van der Waals surface area contributed by atoms with E-state index in [1.54, 1.807) is 13.2 Å². The SMILES string of the molecule is COc1ccc(C)c(C(=O)c2cccs2)c1. The summed E-state index contributed by atoms with van der Waals surface area (Å²) in [5.74, 6) is 0.775. The van der Waals surface area contributed by atoms with Gasteiger partial charge in [-0.25, -0.2) is 0 Å². The van der Waals surface area contributed by atoms with E-state index < -0.39 is 0 Å². The molecule has 0 bridgehead atoms. The van der Waals surface area contributed by atoms with Gasteiger partial charge in [0.05, 0.1) is 12.0 Å². The van der Waals surface area contributed by atoms with E-state index in [9.17, 15) is 4.79 Å². The van der Waals surface area contributed by atoms with Crippen molar-refractivity contribution in [2.45, 2.75) is 6.92 Å². The summed E-state index contributed by atoms with van der Waals surface area (Å²) in [7, 11) is 1.60. The molecule has 0 N–H and O–H groups in total. The zero-order chi connectivity index (χ0) is 11.5. The van der Waals surface area contributed by atoms with Crippen LogP contribution in [0.4, 0.5) is 0 Å². The third kappa shape index (κ3) is 1.99. The van der Waals surface area contributed by atoms with Gasteiger partial charge in [-0.2, -0.15) is 0 Å². The number of hydrogen-bond acceptors (Lipinski definition) is 3. The highest BCUT2D eigenvalue weighted by Gasteiger charge is 2.13. The summed E-state index contributed by atoms with van der Waals surface area (Å²) >= 11 is 1.46. The van der Waals surface area contributed by atoms with Crippen molar-refractivity contribution >= 4 is 17.1 Å². The first-order valence-electron chi connectivity index (χ1n) is 4.95. The lowest BCUT2D eigenvalue weighted by Gasteiger charge is -2.06. The molecule has 2 rings (SSSR count). The molecule has 0 aliphatic carbocycles. The third-order valence-corrected chi connectivity index (χ3v) is 3.30. The van der Waals surface area contributed by atoms with Gasteiger partial charge in [0.1, 0.15) is 5.75 Å². The molecule has 1 aromatic carbocycles. The predicted molar refractivity (Wildman–Crippen MR) is 65.5 cm³/mol. The van der Waals surface area contributed by atoms with Crippen molar-refractivity contribution < 1.29 is 9.53 Å². The van der Waals surface area contributed by atoms with Gasteiger partial charge in [-0.1, -0.05) is 12.1 Å². The van der Waals surface area contributed by atoms with E-state index in [1.807, 2.05) is 36.6 Å². The number of thiophene rings is 1. The molecular formula is C13H12O2S. The second-order valence-electron chi connectivity index (χ2n) is 3.49. The van der Waals surface area contributed by atoms with E-state index in [2.05, 4.69) is 0 Å². The summed E-state index contributed by atoms with van der Waals surface area (Å²) < 4.78 is 5.13. The monoisotopic (exact) mass is 232 g/mol. The molecule has 1 heterocycles. The maximum Gasteiger partial charge on any atom is 0.203 e. The number of carbonyl (C=O) groups is 1. The summed E-state index contributed by atoms with van der Waals surface area (Å²) in [5, 5.41) is 1.91. The first-order chi connectivity index (χ1) is 7.72. The van der Waals surface area contributed by atoms with Crippen molar-refractivity contribution in [1.82, 2.24) is 0 Å². The van der Waals surface area contributed by atoms with Crippen molar-refractivity contribution in [3.8, 4) is 5.75 Å². The second kappa shape index (κ2) is 4.49. The molecule has 0 amide bonds. The Balaban J connectivity index is 2.43. The Hall–Kier alpha value is -1.61. The lowest BCUT2D eigenvalue weighted by atomic mass is 10.0. The number of carbonyl (C=O) groups excluding carboxylic acids is 1. The average molecular weight is 232 g/mol. The van der Waals surface area contributed by atoms with Gasteiger partial charge < -0.3 is 4.74 Å². The molecule has 16 heavy (non-hydrogen) atoms. The molecular weight excluding hydrogens is 220 g/mol. The highest BCUT2D eigenvalue weighted by Crippen LogP contribution is 2.22. The van der Waals surface area contributed by atoms with E-state index in [-0.39, 0.29) is 5.78 Å². The highest BCUT2D eigenvalue weighted by atomic mass is 32.1. The van der Waals surface area contributed by atoms with Crippen LogP contribution in [0.15, 0.2) is 35.7 Å². The van der Waals surface area contributed by atoms with Crippen molar-refractivity contribution in [2.75, 3.05) is 7.11 Å². The van der Waals surface area contributed by atoms with Crippen molar-refractivity contribution in [3.05, 3.63) is 51.7 Å². The Kier molecular flexibility index (Phi) is 3.06. The third-order valence-electron chi connectivity index (χ3n) is 2.43. The van der Waals surface area contributed by atoms with Crippen LogP contribution in [0.25, 0.3) is 0 Å². The molecule has 0 spiro atoms. The van der Waals surface area contributed by atoms with Crippen LogP contribution in [-0.4, -0.2) is 12.9 Å². The van der Waals surface area contributed by atoms with E-state index in [0.717, 1.165) is 10.4 Å². The minimum absolute atomic E-state index is 0.0615. The molecule has 1 aromatic heterocycles. The van der Waals surface area contributed by atoms with Crippen LogP contribution in [0, 0.1) is 6.92 Å². The highest BCUT2D eigenvalue weighted by molar-refractivity contribution is 7.12. The number of benzene rings is 1. The number of methoxy groups -OCH3 is 1. The lowest BCUT2D eigenvalue weighted by molar-refractivity contribution is 0.104. The summed E-state index contributed by atoms with van der Waals surface area (Å²) in [6.07, 6.45) is 0. The fraction of sp³-hybridized carbons (Fsp3) is 0.154. The Bertz CT molecular complexity index is 501. The molecule has 2 aromatic rings. The maximum absolute atomic E-state index is 12.2. The number of ketones is 1. The molecule has 0 saturated heterocycles. The molecule has 0 radical (unpaired) electrons. The van der Waals surface area contributed by atoms with Crippen molar-refractivity contribution in [2.24, 2.45) is 0 Å². The van der Waals surface area contributed by atoms with E-state index >= 15 is 0 Å². The van der Waals surface area contributed by atoms with E-state index in [0.29, 0.717) is 11.3 Å². The minimum Gasteiger partial charge on any atom is -0.497 e. The Morgan fingerprint density at radius 3 is 2.75 bits per heavy atom. The number of ether oxygens (including phenoxy) is 1. The first kappa shape index (κ1) is 10.9.